The van der Waals surface area contributed by atoms with Gasteiger partial charge in [-0.05, 0) is 33.3 Å². The predicted molar refractivity (Wildman–Crippen MR) is 58.9 cm³/mol. The molecule has 15 heavy (non-hydrogen) atoms. The summed E-state index contributed by atoms with van der Waals surface area (Å²) in [5, 5.41) is 3.33. The Kier molecular flexibility index (Phi) is 2.86. The second kappa shape index (κ2) is 4.14. The molecule has 1 saturated heterocycles. The zero-order valence-electron chi connectivity index (χ0n) is 9.45. The van der Waals surface area contributed by atoms with Crippen LogP contribution in [0.5, 0.6) is 0 Å². The molecule has 2 atom stereocenters. The summed E-state index contributed by atoms with van der Waals surface area (Å²) < 4.78 is 5.48. The average molecular weight is 207 g/mol. The average Bonchev–Trinajstić information content (AvgIpc) is 2.50. The molecule has 1 aliphatic rings. The van der Waals surface area contributed by atoms with Gasteiger partial charge in [0.05, 0.1) is 12.1 Å². The highest BCUT2D eigenvalue weighted by Crippen LogP contribution is 2.16. The van der Waals surface area contributed by atoms with Crippen LogP contribution < -0.4 is 5.32 Å². The van der Waals surface area contributed by atoms with Gasteiger partial charge in [0.2, 0.25) is 5.95 Å². The normalized spacial score (nSPS) is 25.5. The number of aromatic nitrogens is 2. The summed E-state index contributed by atoms with van der Waals surface area (Å²) in [6, 6.07) is 2.31. The van der Waals surface area contributed by atoms with Crippen LogP contribution in [-0.4, -0.2) is 28.7 Å². The molecule has 2 rings (SSSR count). The lowest BCUT2D eigenvalue weighted by Crippen LogP contribution is -2.27. The van der Waals surface area contributed by atoms with Gasteiger partial charge in [-0.25, -0.2) is 9.97 Å². The maximum absolute atomic E-state index is 5.48. The number of nitrogens with zero attached hydrogens (tertiary/aromatic N) is 2. The van der Waals surface area contributed by atoms with Crippen LogP contribution in [0.1, 0.15) is 24.7 Å². The molecule has 0 saturated carbocycles. The molecule has 0 aromatic carbocycles. The Labute approximate surface area is 90.1 Å². The minimum absolute atomic E-state index is 0.245. The van der Waals surface area contributed by atoms with Crippen molar-refractivity contribution in [2.45, 2.75) is 39.3 Å². The molecule has 0 spiro atoms. The molecule has 2 heterocycles. The summed E-state index contributed by atoms with van der Waals surface area (Å²) in [5.41, 5.74) is 1.99. The minimum atomic E-state index is 0.245. The van der Waals surface area contributed by atoms with Gasteiger partial charge in [-0.15, -0.1) is 0 Å². The second-order valence-electron chi connectivity index (χ2n) is 4.09. The summed E-state index contributed by atoms with van der Waals surface area (Å²) >= 11 is 0. The van der Waals surface area contributed by atoms with E-state index in [-0.39, 0.29) is 6.10 Å². The Morgan fingerprint density at radius 2 is 2.00 bits per heavy atom. The van der Waals surface area contributed by atoms with Gasteiger partial charge in [0.1, 0.15) is 0 Å². The van der Waals surface area contributed by atoms with Crippen molar-refractivity contribution < 1.29 is 4.74 Å². The lowest BCUT2D eigenvalue weighted by molar-refractivity contribution is 0.121. The van der Waals surface area contributed by atoms with Gasteiger partial charge in [-0.3, -0.25) is 0 Å². The van der Waals surface area contributed by atoms with Crippen molar-refractivity contribution in [3.63, 3.8) is 0 Å². The number of nitrogens with one attached hydrogen (secondary N) is 1. The van der Waals surface area contributed by atoms with Crippen molar-refractivity contribution in [3.8, 4) is 0 Å². The van der Waals surface area contributed by atoms with Crippen molar-refractivity contribution in [2.75, 3.05) is 11.9 Å². The van der Waals surface area contributed by atoms with Crippen LogP contribution in [0.4, 0.5) is 5.95 Å². The molecule has 1 N–H and O–H groups in total. The molecule has 0 radical (unpaired) electrons. The van der Waals surface area contributed by atoms with Crippen molar-refractivity contribution >= 4 is 5.95 Å². The lowest BCUT2D eigenvalue weighted by Gasteiger charge is -2.16. The zero-order chi connectivity index (χ0) is 10.8. The first-order valence-electron chi connectivity index (χ1n) is 5.35. The first-order valence-corrected chi connectivity index (χ1v) is 5.35. The Balaban J connectivity index is 2.10. The fourth-order valence-corrected chi connectivity index (χ4v) is 1.88. The summed E-state index contributed by atoms with van der Waals surface area (Å²) in [6.45, 7) is 6.86. The number of rotatable bonds is 2. The summed E-state index contributed by atoms with van der Waals surface area (Å²) in [4.78, 5) is 8.71. The molecular formula is C11H17N3O. The van der Waals surface area contributed by atoms with E-state index in [4.69, 9.17) is 4.74 Å². The summed E-state index contributed by atoms with van der Waals surface area (Å²) in [5.74, 6) is 0.717. The van der Waals surface area contributed by atoms with Crippen LogP contribution in [0.25, 0.3) is 0 Å². The fraction of sp³-hybridized carbons (Fsp3) is 0.636. The highest BCUT2D eigenvalue weighted by molar-refractivity contribution is 5.29. The fourth-order valence-electron chi connectivity index (χ4n) is 1.88. The van der Waals surface area contributed by atoms with Gasteiger partial charge < -0.3 is 10.1 Å². The highest BCUT2D eigenvalue weighted by atomic mass is 16.5. The number of hydrogen-bond donors (Lipinski definition) is 1. The van der Waals surface area contributed by atoms with E-state index in [1.165, 1.54) is 0 Å². The molecular weight excluding hydrogens is 190 g/mol. The molecule has 4 nitrogen and oxygen atoms in total. The molecule has 1 aromatic heterocycles. The molecule has 0 amide bonds. The SMILES string of the molecule is Cc1cc(C)nc(NC2CCOC2C)n1. The van der Waals surface area contributed by atoms with Crippen molar-refractivity contribution in [3.05, 3.63) is 17.5 Å². The molecule has 82 valence electrons. The maximum atomic E-state index is 5.48. The third kappa shape index (κ3) is 2.45. The van der Waals surface area contributed by atoms with Gasteiger partial charge in [-0.1, -0.05) is 0 Å². The Morgan fingerprint density at radius 3 is 2.53 bits per heavy atom. The second-order valence-corrected chi connectivity index (χ2v) is 4.09. The van der Waals surface area contributed by atoms with E-state index < -0.39 is 0 Å². The van der Waals surface area contributed by atoms with Gasteiger partial charge in [0.15, 0.2) is 0 Å². The van der Waals surface area contributed by atoms with Gasteiger partial charge in [-0.2, -0.15) is 0 Å². The monoisotopic (exact) mass is 207 g/mol. The molecule has 0 aliphatic carbocycles. The van der Waals surface area contributed by atoms with Gasteiger partial charge >= 0.3 is 0 Å². The van der Waals surface area contributed by atoms with E-state index in [0.29, 0.717) is 6.04 Å². The van der Waals surface area contributed by atoms with Crippen LogP contribution in [0, 0.1) is 13.8 Å². The number of hydrogen-bond acceptors (Lipinski definition) is 4. The van der Waals surface area contributed by atoms with Crippen LogP contribution in [0.15, 0.2) is 6.07 Å². The summed E-state index contributed by atoms with van der Waals surface area (Å²) in [7, 11) is 0. The predicted octanol–water partition coefficient (Wildman–Crippen LogP) is 1.68. The standard InChI is InChI=1S/C11H17N3O/c1-7-6-8(2)13-11(12-7)14-10-4-5-15-9(10)3/h6,9-10H,4-5H2,1-3H3,(H,12,13,14). The molecule has 0 bridgehead atoms. The van der Waals surface area contributed by atoms with Crippen LogP contribution in [0.2, 0.25) is 0 Å². The Morgan fingerprint density at radius 1 is 1.33 bits per heavy atom. The largest absolute Gasteiger partial charge is 0.376 e. The van der Waals surface area contributed by atoms with E-state index in [1.807, 2.05) is 19.9 Å². The lowest BCUT2D eigenvalue weighted by atomic mass is 10.2. The molecule has 4 heteroatoms. The van der Waals surface area contributed by atoms with Crippen molar-refractivity contribution in [1.82, 2.24) is 9.97 Å². The third-order valence-electron chi connectivity index (χ3n) is 2.67. The number of aryl methyl sites for hydroxylation is 2. The topological polar surface area (TPSA) is 47.0 Å². The minimum Gasteiger partial charge on any atom is -0.376 e. The smallest absolute Gasteiger partial charge is 0.223 e. The van der Waals surface area contributed by atoms with Crippen LogP contribution in [0.3, 0.4) is 0 Å². The van der Waals surface area contributed by atoms with Gasteiger partial charge in [0.25, 0.3) is 0 Å². The molecule has 1 aliphatic heterocycles. The van der Waals surface area contributed by atoms with E-state index in [0.717, 1.165) is 30.4 Å². The Hall–Kier alpha value is -1.16. The van der Waals surface area contributed by atoms with E-state index in [1.54, 1.807) is 0 Å². The first kappa shape index (κ1) is 10.4. The maximum Gasteiger partial charge on any atom is 0.223 e. The third-order valence-corrected chi connectivity index (χ3v) is 2.67. The quantitative estimate of drug-likeness (QED) is 0.801. The van der Waals surface area contributed by atoms with Crippen molar-refractivity contribution in [2.24, 2.45) is 0 Å². The zero-order valence-corrected chi connectivity index (χ0v) is 9.45. The van der Waals surface area contributed by atoms with E-state index >= 15 is 0 Å². The van der Waals surface area contributed by atoms with Crippen LogP contribution in [-0.2, 0) is 4.74 Å². The molecule has 2 unspecified atom stereocenters. The van der Waals surface area contributed by atoms with E-state index in [2.05, 4.69) is 22.2 Å². The van der Waals surface area contributed by atoms with Crippen molar-refractivity contribution in [1.29, 1.82) is 0 Å². The number of anilines is 1. The molecule has 1 fully saturated rings. The Bertz CT molecular complexity index is 333. The number of ether oxygens (including phenoxy) is 1. The van der Waals surface area contributed by atoms with Crippen LogP contribution >= 0.6 is 0 Å². The summed E-state index contributed by atoms with van der Waals surface area (Å²) in [6.07, 6.45) is 1.27. The van der Waals surface area contributed by atoms with E-state index in [9.17, 15) is 0 Å². The molecule has 1 aromatic rings. The van der Waals surface area contributed by atoms with Gasteiger partial charge in [0, 0.05) is 18.0 Å². The highest BCUT2D eigenvalue weighted by Gasteiger charge is 2.24. The first-order chi connectivity index (χ1) is 7.15.